The number of nitrogens with two attached hydrogens (primary N) is 1. The fraction of sp³-hybridized carbons (Fsp3) is 0.650. The fourth-order valence-corrected chi connectivity index (χ4v) is 4.04. The number of aliphatic imine (C=N–C) groups is 1. The van der Waals surface area contributed by atoms with Crippen LogP contribution in [-0.4, -0.2) is 48.0 Å². The van der Waals surface area contributed by atoms with Crippen LogP contribution in [0.4, 0.5) is 0 Å². The minimum atomic E-state index is -0.228. The summed E-state index contributed by atoms with van der Waals surface area (Å²) in [7, 11) is 1.79. The third kappa shape index (κ3) is 6.49. The number of guanidine groups is 1. The number of nitrogens with one attached hydrogen (secondary N) is 1. The van der Waals surface area contributed by atoms with Gasteiger partial charge in [-0.2, -0.15) is 0 Å². The molecule has 2 heterocycles. The lowest BCUT2D eigenvalue weighted by Crippen LogP contribution is -2.47. The first-order chi connectivity index (χ1) is 13.2. The van der Waals surface area contributed by atoms with Crippen LogP contribution in [0, 0.1) is 5.92 Å². The molecule has 1 saturated carbocycles. The molecular weight excluding hydrogens is 469 g/mol. The molecule has 1 saturated heterocycles. The molecule has 2 aliphatic rings. The molecule has 3 rings (SSSR count). The van der Waals surface area contributed by atoms with Crippen molar-refractivity contribution in [2.75, 3.05) is 20.1 Å². The van der Waals surface area contributed by atoms with Crippen LogP contribution < -0.4 is 15.8 Å². The number of pyridine rings is 1. The van der Waals surface area contributed by atoms with Gasteiger partial charge in [0.15, 0.2) is 5.96 Å². The largest absolute Gasteiger partial charge is 0.474 e. The number of ether oxygens (including phenoxy) is 1. The van der Waals surface area contributed by atoms with Crippen molar-refractivity contribution in [3.05, 3.63) is 23.9 Å². The van der Waals surface area contributed by atoms with Gasteiger partial charge >= 0.3 is 0 Å². The Bertz CT molecular complexity index is 664. The lowest BCUT2D eigenvalue weighted by Gasteiger charge is -2.34. The predicted octanol–water partition coefficient (Wildman–Crippen LogP) is 2.68. The lowest BCUT2D eigenvalue weighted by molar-refractivity contribution is -0.119. The molecule has 2 fully saturated rings. The Labute approximate surface area is 184 Å². The standard InChI is InChI=1S/C20H31N5O2.HI/c1-22-20(25-11-5-6-15(14-25)12-18(21)26)24-13-16-7-4-10-23-19(16)27-17-8-2-3-9-17;/h4,7,10,15,17H,2-3,5-6,8-9,11-14H2,1H3,(H2,21,26)(H,22,24);1H. The van der Waals surface area contributed by atoms with Gasteiger partial charge in [-0.15, -0.1) is 24.0 Å². The van der Waals surface area contributed by atoms with Gasteiger partial charge in [-0.25, -0.2) is 4.98 Å². The number of piperidine rings is 1. The molecule has 1 aromatic rings. The number of primary amides is 1. The average Bonchev–Trinajstić information content (AvgIpc) is 3.16. The molecule has 0 bridgehead atoms. The highest BCUT2D eigenvalue weighted by molar-refractivity contribution is 14.0. The minimum absolute atomic E-state index is 0. The lowest BCUT2D eigenvalue weighted by atomic mass is 9.95. The van der Waals surface area contributed by atoms with Crippen molar-refractivity contribution in [2.24, 2.45) is 16.6 Å². The second-order valence-electron chi connectivity index (χ2n) is 7.52. The average molecular weight is 501 g/mol. The smallest absolute Gasteiger partial charge is 0.218 e. The first-order valence-corrected chi connectivity index (χ1v) is 10.00. The van der Waals surface area contributed by atoms with E-state index in [-0.39, 0.29) is 36.0 Å². The van der Waals surface area contributed by atoms with E-state index in [1.807, 2.05) is 12.1 Å². The van der Waals surface area contributed by atoms with Gasteiger partial charge in [0.05, 0.1) is 0 Å². The van der Waals surface area contributed by atoms with Crippen LogP contribution in [-0.2, 0) is 11.3 Å². The van der Waals surface area contributed by atoms with Crippen molar-refractivity contribution in [1.82, 2.24) is 15.2 Å². The number of aromatic nitrogens is 1. The Morgan fingerprint density at radius 2 is 2.14 bits per heavy atom. The number of carbonyl (C=O) groups excluding carboxylic acids is 1. The highest BCUT2D eigenvalue weighted by Crippen LogP contribution is 2.25. The third-order valence-corrected chi connectivity index (χ3v) is 5.39. The maximum absolute atomic E-state index is 11.2. The molecule has 156 valence electrons. The molecule has 28 heavy (non-hydrogen) atoms. The number of rotatable bonds is 6. The first-order valence-electron chi connectivity index (χ1n) is 10.00. The number of likely N-dealkylation sites (tertiary alicyclic amines) is 1. The summed E-state index contributed by atoms with van der Waals surface area (Å²) in [5.74, 6) is 1.64. The van der Waals surface area contributed by atoms with E-state index < -0.39 is 0 Å². The van der Waals surface area contributed by atoms with Crippen molar-refractivity contribution < 1.29 is 9.53 Å². The van der Waals surface area contributed by atoms with E-state index in [2.05, 4.69) is 20.2 Å². The monoisotopic (exact) mass is 501 g/mol. The topological polar surface area (TPSA) is 92.8 Å². The fourth-order valence-electron chi connectivity index (χ4n) is 4.04. The summed E-state index contributed by atoms with van der Waals surface area (Å²) >= 11 is 0. The van der Waals surface area contributed by atoms with Gasteiger partial charge in [0.2, 0.25) is 11.8 Å². The number of amides is 1. The Balaban J connectivity index is 0.00000280. The van der Waals surface area contributed by atoms with Gasteiger partial charge < -0.3 is 20.7 Å². The van der Waals surface area contributed by atoms with E-state index in [1.54, 1.807) is 13.2 Å². The SMILES string of the molecule is CN=C(NCc1cccnc1OC1CCCC1)N1CCCC(CC(N)=O)C1.I. The molecule has 1 aromatic heterocycles. The van der Waals surface area contributed by atoms with Gasteiger partial charge in [-0.3, -0.25) is 9.79 Å². The van der Waals surface area contributed by atoms with Gasteiger partial charge in [-0.1, -0.05) is 6.07 Å². The van der Waals surface area contributed by atoms with Crippen molar-refractivity contribution in [3.63, 3.8) is 0 Å². The van der Waals surface area contributed by atoms with E-state index in [9.17, 15) is 4.79 Å². The predicted molar refractivity (Wildman–Crippen MR) is 121 cm³/mol. The maximum atomic E-state index is 11.2. The summed E-state index contributed by atoms with van der Waals surface area (Å²) in [6.45, 7) is 2.36. The Hall–Kier alpha value is -1.58. The molecule has 1 aliphatic heterocycles. The number of halogens is 1. The highest BCUT2D eigenvalue weighted by atomic mass is 127. The van der Waals surface area contributed by atoms with Crippen LogP contribution in [0.25, 0.3) is 0 Å². The van der Waals surface area contributed by atoms with E-state index in [0.29, 0.717) is 18.9 Å². The normalized spacial score (nSPS) is 20.5. The summed E-state index contributed by atoms with van der Waals surface area (Å²) in [6.07, 6.45) is 9.28. The molecule has 8 heteroatoms. The van der Waals surface area contributed by atoms with Crippen LogP contribution in [0.2, 0.25) is 0 Å². The van der Waals surface area contributed by atoms with E-state index in [0.717, 1.165) is 56.2 Å². The number of carbonyl (C=O) groups is 1. The third-order valence-electron chi connectivity index (χ3n) is 5.39. The molecule has 0 radical (unpaired) electrons. The molecule has 0 aromatic carbocycles. The zero-order valence-electron chi connectivity index (χ0n) is 16.6. The van der Waals surface area contributed by atoms with Crippen LogP contribution in [0.15, 0.2) is 23.3 Å². The van der Waals surface area contributed by atoms with Crippen molar-refractivity contribution in [3.8, 4) is 5.88 Å². The van der Waals surface area contributed by atoms with Gasteiger partial charge in [0.1, 0.15) is 6.10 Å². The zero-order valence-corrected chi connectivity index (χ0v) is 18.9. The summed E-state index contributed by atoms with van der Waals surface area (Å²) in [5.41, 5.74) is 6.41. The molecule has 0 spiro atoms. The molecule has 1 amide bonds. The first kappa shape index (κ1) is 22.7. The summed E-state index contributed by atoms with van der Waals surface area (Å²) in [4.78, 5) is 22.3. The van der Waals surface area contributed by atoms with E-state index in [1.165, 1.54) is 12.8 Å². The van der Waals surface area contributed by atoms with Crippen LogP contribution in [0.3, 0.4) is 0 Å². The maximum Gasteiger partial charge on any atom is 0.218 e. The quantitative estimate of drug-likeness (QED) is 0.355. The van der Waals surface area contributed by atoms with Gasteiger partial charge in [0.25, 0.3) is 0 Å². The summed E-state index contributed by atoms with van der Waals surface area (Å²) in [6, 6.07) is 3.98. The minimum Gasteiger partial charge on any atom is -0.474 e. The van der Waals surface area contributed by atoms with Crippen LogP contribution >= 0.6 is 24.0 Å². The summed E-state index contributed by atoms with van der Waals surface area (Å²) in [5, 5.41) is 3.43. The van der Waals surface area contributed by atoms with Crippen molar-refractivity contribution in [1.29, 1.82) is 0 Å². The molecular formula is C20H32IN5O2. The van der Waals surface area contributed by atoms with E-state index >= 15 is 0 Å². The van der Waals surface area contributed by atoms with Crippen molar-refractivity contribution >= 4 is 35.8 Å². The van der Waals surface area contributed by atoms with Crippen LogP contribution in [0.5, 0.6) is 5.88 Å². The van der Waals surface area contributed by atoms with Gasteiger partial charge in [-0.05, 0) is 50.5 Å². The Morgan fingerprint density at radius 3 is 2.86 bits per heavy atom. The second-order valence-corrected chi connectivity index (χ2v) is 7.52. The molecule has 7 nitrogen and oxygen atoms in total. The molecule has 1 atom stereocenters. The zero-order chi connectivity index (χ0) is 19.1. The van der Waals surface area contributed by atoms with Gasteiger partial charge in [0, 0.05) is 44.9 Å². The van der Waals surface area contributed by atoms with Crippen molar-refractivity contribution in [2.45, 2.75) is 57.6 Å². The highest BCUT2D eigenvalue weighted by Gasteiger charge is 2.24. The molecule has 1 unspecified atom stereocenters. The molecule has 3 N–H and O–H groups in total. The molecule has 1 aliphatic carbocycles. The second kappa shape index (κ2) is 11.4. The number of hydrogen-bond acceptors (Lipinski definition) is 4. The number of hydrogen-bond donors (Lipinski definition) is 2. The van der Waals surface area contributed by atoms with E-state index in [4.69, 9.17) is 10.5 Å². The Kier molecular flexibility index (Phi) is 9.27. The number of nitrogens with zero attached hydrogens (tertiary/aromatic N) is 3. The Morgan fingerprint density at radius 1 is 1.36 bits per heavy atom. The summed E-state index contributed by atoms with van der Waals surface area (Å²) < 4.78 is 6.12. The van der Waals surface area contributed by atoms with Crippen LogP contribution in [0.1, 0.15) is 50.5 Å².